The summed E-state index contributed by atoms with van der Waals surface area (Å²) in [7, 11) is 0. The number of nitrogens with one attached hydrogen (secondary N) is 1. The zero-order chi connectivity index (χ0) is 15.0. The maximum absolute atomic E-state index is 10.9. The first kappa shape index (κ1) is 14.2. The van der Waals surface area contributed by atoms with Crippen molar-refractivity contribution in [1.29, 1.82) is 0 Å². The maximum Gasteiger partial charge on any atom is 0.293 e. The average molecular weight is 292 g/mol. The fourth-order valence-electron chi connectivity index (χ4n) is 3.67. The second-order valence-corrected chi connectivity index (χ2v) is 6.02. The number of hydrogen-bond donors (Lipinski definition) is 3. The Hall–Kier alpha value is -1.70. The fourth-order valence-corrected chi connectivity index (χ4v) is 3.67. The van der Waals surface area contributed by atoms with Gasteiger partial charge in [0.05, 0.1) is 11.0 Å². The SMILES string of the molecule is NNc1cc(CN2CC3CCC(O)C3C2)ccc1[N+](=O)[O-]. The Morgan fingerprint density at radius 3 is 2.90 bits per heavy atom. The largest absolute Gasteiger partial charge is 0.393 e. The molecule has 3 atom stereocenters. The molecule has 7 nitrogen and oxygen atoms in total. The molecule has 0 aromatic heterocycles. The van der Waals surface area contributed by atoms with Crippen molar-refractivity contribution in [3.8, 4) is 0 Å². The molecule has 0 amide bonds. The zero-order valence-corrected chi connectivity index (χ0v) is 11.7. The van der Waals surface area contributed by atoms with E-state index in [2.05, 4.69) is 10.3 Å². The van der Waals surface area contributed by atoms with Gasteiger partial charge in [-0.1, -0.05) is 6.07 Å². The lowest BCUT2D eigenvalue weighted by molar-refractivity contribution is -0.384. The third kappa shape index (κ3) is 2.72. The number of aliphatic hydroxyl groups excluding tert-OH is 1. The third-order valence-corrected chi connectivity index (χ3v) is 4.71. The van der Waals surface area contributed by atoms with Gasteiger partial charge < -0.3 is 10.5 Å². The van der Waals surface area contributed by atoms with Gasteiger partial charge >= 0.3 is 0 Å². The number of nitro benzene ring substituents is 1. The molecule has 3 unspecified atom stereocenters. The van der Waals surface area contributed by atoms with Crippen LogP contribution in [0.4, 0.5) is 11.4 Å². The number of hydrogen-bond acceptors (Lipinski definition) is 6. The van der Waals surface area contributed by atoms with Gasteiger partial charge in [-0.05, 0) is 30.4 Å². The number of anilines is 1. The summed E-state index contributed by atoms with van der Waals surface area (Å²) in [5, 5.41) is 20.8. The molecule has 0 spiro atoms. The minimum Gasteiger partial charge on any atom is -0.393 e. The summed E-state index contributed by atoms with van der Waals surface area (Å²) >= 11 is 0. The molecule has 114 valence electrons. The van der Waals surface area contributed by atoms with Gasteiger partial charge in [-0.15, -0.1) is 0 Å². The fraction of sp³-hybridized carbons (Fsp3) is 0.571. The van der Waals surface area contributed by atoms with Crippen molar-refractivity contribution < 1.29 is 10.0 Å². The lowest BCUT2D eigenvalue weighted by Gasteiger charge is -2.18. The Morgan fingerprint density at radius 2 is 2.24 bits per heavy atom. The normalized spacial score (nSPS) is 28.6. The predicted molar refractivity (Wildman–Crippen MR) is 78.4 cm³/mol. The summed E-state index contributed by atoms with van der Waals surface area (Å²) in [5.74, 6) is 6.33. The van der Waals surface area contributed by atoms with Gasteiger partial charge in [-0.3, -0.25) is 20.9 Å². The summed E-state index contributed by atoms with van der Waals surface area (Å²) < 4.78 is 0. The van der Waals surface area contributed by atoms with E-state index in [0.717, 1.165) is 38.0 Å². The van der Waals surface area contributed by atoms with Gasteiger partial charge in [-0.25, -0.2) is 0 Å². The van der Waals surface area contributed by atoms with Crippen LogP contribution in [-0.4, -0.2) is 34.1 Å². The van der Waals surface area contributed by atoms with Crippen molar-refractivity contribution in [2.45, 2.75) is 25.5 Å². The molecular weight excluding hydrogens is 272 g/mol. The summed E-state index contributed by atoms with van der Waals surface area (Å²) in [6, 6.07) is 4.97. The van der Waals surface area contributed by atoms with Crippen LogP contribution in [-0.2, 0) is 6.54 Å². The van der Waals surface area contributed by atoms with Crippen LogP contribution in [0.25, 0.3) is 0 Å². The van der Waals surface area contributed by atoms with Gasteiger partial charge in [0.25, 0.3) is 5.69 Å². The van der Waals surface area contributed by atoms with Gasteiger partial charge in [0.15, 0.2) is 0 Å². The molecule has 0 bridgehead atoms. The number of aliphatic hydroxyl groups is 1. The van der Waals surface area contributed by atoms with Crippen LogP contribution in [0.5, 0.6) is 0 Å². The van der Waals surface area contributed by atoms with E-state index in [9.17, 15) is 15.2 Å². The highest BCUT2D eigenvalue weighted by Gasteiger charge is 2.41. The van der Waals surface area contributed by atoms with E-state index in [1.54, 1.807) is 12.1 Å². The second kappa shape index (κ2) is 5.59. The van der Waals surface area contributed by atoms with Gasteiger partial charge in [0.1, 0.15) is 5.69 Å². The highest BCUT2D eigenvalue weighted by atomic mass is 16.6. The number of likely N-dealkylation sites (tertiary alicyclic amines) is 1. The molecule has 1 saturated carbocycles. The molecule has 1 aliphatic carbocycles. The van der Waals surface area contributed by atoms with Crippen LogP contribution >= 0.6 is 0 Å². The van der Waals surface area contributed by atoms with E-state index >= 15 is 0 Å². The molecule has 3 rings (SSSR count). The molecular formula is C14H20N4O3. The number of rotatable bonds is 4. The van der Waals surface area contributed by atoms with Gasteiger partial charge in [0, 0.05) is 31.6 Å². The number of nitro groups is 1. The van der Waals surface area contributed by atoms with Gasteiger partial charge in [-0.2, -0.15) is 0 Å². The number of nitrogens with zero attached hydrogens (tertiary/aromatic N) is 2. The Labute approximate surface area is 122 Å². The maximum atomic E-state index is 10.9. The lowest BCUT2D eigenvalue weighted by atomic mass is 10.00. The number of hydrazine groups is 1. The van der Waals surface area contributed by atoms with Crippen LogP contribution in [0.3, 0.4) is 0 Å². The van der Waals surface area contributed by atoms with E-state index in [1.807, 2.05) is 0 Å². The van der Waals surface area contributed by atoms with Crippen LogP contribution in [0.15, 0.2) is 18.2 Å². The minimum atomic E-state index is -0.449. The number of nitrogen functional groups attached to an aromatic ring is 1. The Bertz CT molecular complexity index is 551. The van der Waals surface area contributed by atoms with E-state index in [4.69, 9.17) is 5.84 Å². The third-order valence-electron chi connectivity index (χ3n) is 4.71. The van der Waals surface area contributed by atoms with Crippen LogP contribution in [0.2, 0.25) is 0 Å². The summed E-state index contributed by atoms with van der Waals surface area (Å²) in [5.41, 5.74) is 3.69. The first-order valence-electron chi connectivity index (χ1n) is 7.23. The first-order valence-corrected chi connectivity index (χ1v) is 7.23. The highest BCUT2D eigenvalue weighted by molar-refractivity contribution is 5.62. The monoisotopic (exact) mass is 292 g/mol. The molecule has 1 heterocycles. The van der Waals surface area contributed by atoms with Crippen LogP contribution in [0, 0.1) is 22.0 Å². The second-order valence-electron chi connectivity index (χ2n) is 6.02. The highest BCUT2D eigenvalue weighted by Crippen LogP contribution is 2.38. The van der Waals surface area contributed by atoms with E-state index in [0.29, 0.717) is 17.5 Å². The van der Waals surface area contributed by atoms with E-state index < -0.39 is 4.92 Å². The molecule has 21 heavy (non-hydrogen) atoms. The summed E-state index contributed by atoms with van der Waals surface area (Å²) in [6.07, 6.45) is 1.85. The quantitative estimate of drug-likeness (QED) is 0.436. The minimum absolute atomic E-state index is 0.0186. The molecule has 1 saturated heterocycles. The molecule has 2 aliphatic rings. The van der Waals surface area contributed by atoms with Crippen molar-refractivity contribution in [3.05, 3.63) is 33.9 Å². The summed E-state index contributed by atoms with van der Waals surface area (Å²) in [6.45, 7) is 2.62. The topological polar surface area (TPSA) is 105 Å². The molecule has 2 fully saturated rings. The molecule has 1 aromatic carbocycles. The molecule has 4 N–H and O–H groups in total. The molecule has 1 aliphatic heterocycles. The smallest absolute Gasteiger partial charge is 0.293 e. The van der Waals surface area contributed by atoms with Crippen molar-refractivity contribution >= 4 is 11.4 Å². The number of benzene rings is 1. The van der Waals surface area contributed by atoms with Crippen LogP contribution < -0.4 is 11.3 Å². The van der Waals surface area contributed by atoms with E-state index in [1.165, 1.54) is 6.07 Å². The van der Waals surface area contributed by atoms with Gasteiger partial charge in [0.2, 0.25) is 0 Å². The molecule has 7 heteroatoms. The molecule has 1 aromatic rings. The number of nitrogens with two attached hydrogens (primary N) is 1. The van der Waals surface area contributed by atoms with Crippen molar-refractivity contribution in [2.24, 2.45) is 17.7 Å². The van der Waals surface area contributed by atoms with E-state index in [-0.39, 0.29) is 11.8 Å². The average Bonchev–Trinajstić information content (AvgIpc) is 3.00. The van der Waals surface area contributed by atoms with Crippen molar-refractivity contribution in [2.75, 3.05) is 18.5 Å². The van der Waals surface area contributed by atoms with Crippen LogP contribution in [0.1, 0.15) is 18.4 Å². The first-order chi connectivity index (χ1) is 10.1. The molecule has 0 radical (unpaired) electrons. The Morgan fingerprint density at radius 1 is 1.43 bits per heavy atom. The Kier molecular flexibility index (Phi) is 3.79. The van der Waals surface area contributed by atoms with Crippen molar-refractivity contribution in [1.82, 2.24) is 4.90 Å². The lowest BCUT2D eigenvalue weighted by Crippen LogP contribution is -2.24. The number of fused-ring (bicyclic) bond motifs is 1. The zero-order valence-electron chi connectivity index (χ0n) is 11.7. The standard InChI is InChI=1S/C14H20N4O3/c15-16-12-5-9(1-3-13(12)18(20)21)6-17-7-10-2-4-14(19)11(10)8-17/h1,3,5,10-11,14,16,19H,2,4,6-8,15H2. The van der Waals surface area contributed by atoms with Crippen molar-refractivity contribution in [3.63, 3.8) is 0 Å². The predicted octanol–water partition coefficient (Wildman–Crippen LogP) is 1.08. The summed E-state index contributed by atoms with van der Waals surface area (Å²) in [4.78, 5) is 12.7. The Balaban J connectivity index is 1.70.